The van der Waals surface area contributed by atoms with E-state index < -0.39 is 0 Å². The molecule has 2 amide bonds. The van der Waals surface area contributed by atoms with Gasteiger partial charge in [0.2, 0.25) is 5.91 Å². The molecule has 0 radical (unpaired) electrons. The van der Waals surface area contributed by atoms with Crippen LogP contribution in [0.1, 0.15) is 17.3 Å². The van der Waals surface area contributed by atoms with Crippen LogP contribution < -0.4 is 10.2 Å². The van der Waals surface area contributed by atoms with Crippen LogP contribution in [0.2, 0.25) is 5.02 Å². The van der Waals surface area contributed by atoms with Gasteiger partial charge in [-0.25, -0.2) is 4.98 Å². The Bertz CT molecular complexity index is 840. The highest BCUT2D eigenvalue weighted by molar-refractivity contribution is 7.99. The van der Waals surface area contributed by atoms with E-state index in [9.17, 15) is 9.59 Å². The fourth-order valence-corrected chi connectivity index (χ4v) is 3.86. The maximum atomic E-state index is 12.5. The van der Waals surface area contributed by atoms with Crippen molar-refractivity contribution < 1.29 is 9.59 Å². The number of nitrogens with zero attached hydrogens (tertiary/aromatic N) is 3. The molecule has 1 aromatic carbocycles. The van der Waals surface area contributed by atoms with E-state index in [0.717, 1.165) is 29.6 Å². The first-order valence-corrected chi connectivity index (χ1v) is 10.6. The summed E-state index contributed by atoms with van der Waals surface area (Å²) in [5.41, 5.74) is 1.58. The van der Waals surface area contributed by atoms with Crippen LogP contribution in [0.15, 0.2) is 47.6 Å². The Balaban J connectivity index is 1.48. The third-order valence-electron chi connectivity index (χ3n) is 4.50. The van der Waals surface area contributed by atoms with Gasteiger partial charge < -0.3 is 15.1 Å². The van der Waals surface area contributed by atoms with E-state index in [0.29, 0.717) is 23.7 Å². The first kappa shape index (κ1) is 20.5. The number of benzene rings is 1. The van der Waals surface area contributed by atoms with Crippen LogP contribution in [-0.4, -0.2) is 60.2 Å². The van der Waals surface area contributed by atoms with E-state index in [-0.39, 0.29) is 18.4 Å². The molecule has 0 aliphatic carbocycles. The number of hydrogen-bond acceptors (Lipinski definition) is 5. The minimum atomic E-state index is -0.258. The molecule has 2 heterocycles. The molecule has 1 fully saturated rings. The Labute approximate surface area is 174 Å². The molecule has 1 aliphatic heterocycles. The summed E-state index contributed by atoms with van der Waals surface area (Å²) in [7, 11) is 0. The molecule has 1 aliphatic rings. The van der Waals surface area contributed by atoms with Crippen LogP contribution in [-0.2, 0) is 4.79 Å². The minimum absolute atomic E-state index is 0.00538. The van der Waals surface area contributed by atoms with Gasteiger partial charge in [-0.3, -0.25) is 9.59 Å². The van der Waals surface area contributed by atoms with Gasteiger partial charge in [-0.2, -0.15) is 0 Å². The highest BCUT2D eigenvalue weighted by Gasteiger charge is 2.22. The molecule has 0 spiro atoms. The first-order valence-electron chi connectivity index (χ1n) is 9.22. The van der Waals surface area contributed by atoms with Crippen molar-refractivity contribution in [2.45, 2.75) is 11.9 Å². The highest BCUT2D eigenvalue weighted by atomic mass is 35.5. The van der Waals surface area contributed by atoms with Crippen molar-refractivity contribution in [1.82, 2.24) is 15.2 Å². The summed E-state index contributed by atoms with van der Waals surface area (Å²) in [4.78, 5) is 33.0. The summed E-state index contributed by atoms with van der Waals surface area (Å²) in [5.74, 6) is 0.556. The number of thioether (sulfide) groups is 1. The third-order valence-corrected chi connectivity index (χ3v) is 5.54. The Kier molecular flexibility index (Phi) is 7.17. The lowest BCUT2D eigenvalue weighted by Crippen LogP contribution is -2.51. The molecular weight excluding hydrogens is 396 g/mol. The monoisotopic (exact) mass is 418 g/mol. The van der Waals surface area contributed by atoms with Crippen LogP contribution in [0.5, 0.6) is 0 Å². The lowest BCUT2D eigenvalue weighted by molar-refractivity contribution is -0.130. The van der Waals surface area contributed by atoms with Crippen LogP contribution in [0.4, 0.5) is 5.69 Å². The fraction of sp³-hybridized carbons (Fsp3) is 0.350. The van der Waals surface area contributed by atoms with E-state index in [2.05, 4.69) is 15.2 Å². The van der Waals surface area contributed by atoms with Crippen LogP contribution >= 0.6 is 23.4 Å². The Morgan fingerprint density at radius 2 is 1.96 bits per heavy atom. The van der Waals surface area contributed by atoms with Gasteiger partial charge in [-0.05, 0) is 36.1 Å². The second kappa shape index (κ2) is 9.80. The number of aromatic nitrogens is 1. The minimum Gasteiger partial charge on any atom is -0.368 e. The smallest absolute Gasteiger partial charge is 0.251 e. The number of carbonyl (C=O) groups is 2. The second-order valence-corrected chi connectivity index (χ2v) is 8.07. The van der Waals surface area contributed by atoms with Gasteiger partial charge in [-0.1, -0.05) is 24.6 Å². The normalized spacial score (nSPS) is 14.1. The van der Waals surface area contributed by atoms with E-state index in [1.54, 1.807) is 35.0 Å². The fourth-order valence-electron chi connectivity index (χ4n) is 3.03. The summed E-state index contributed by atoms with van der Waals surface area (Å²) in [6, 6.07) is 11.1. The molecule has 1 N–H and O–H groups in total. The summed E-state index contributed by atoms with van der Waals surface area (Å²) in [6.07, 6.45) is 1.61. The van der Waals surface area contributed by atoms with Crippen LogP contribution in [0, 0.1) is 0 Å². The molecule has 28 heavy (non-hydrogen) atoms. The van der Waals surface area contributed by atoms with Crippen molar-refractivity contribution in [2.24, 2.45) is 0 Å². The molecule has 0 bridgehead atoms. The van der Waals surface area contributed by atoms with Crippen molar-refractivity contribution in [3.05, 3.63) is 53.2 Å². The maximum Gasteiger partial charge on any atom is 0.251 e. The van der Waals surface area contributed by atoms with Crippen molar-refractivity contribution >= 4 is 40.9 Å². The quantitative estimate of drug-likeness (QED) is 0.730. The average Bonchev–Trinajstić information content (AvgIpc) is 2.72. The molecular formula is C20H23ClN4O2S. The van der Waals surface area contributed by atoms with E-state index in [1.165, 1.54) is 0 Å². The molecule has 148 valence electrons. The number of halogens is 1. The molecule has 0 unspecified atom stereocenters. The Hall–Kier alpha value is -2.25. The van der Waals surface area contributed by atoms with Crippen molar-refractivity contribution in [2.75, 3.05) is 43.4 Å². The summed E-state index contributed by atoms with van der Waals surface area (Å²) in [6.45, 7) is 4.74. The maximum absolute atomic E-state index is 12.5. The number of anilines is 1. The number of carbonyl (C=O) groups excluding carboxylic acids is 2. The summed E-state index contributed by atoms with van der Waals surface area (Å²) in [5, 5.41) is 4.23. The van der Waals surface area contributed by atoms with Gasteiger partial charge >= 0.3 is 0 Å². The van der Waals surface area contributed by atoms with Crippen molar-refractivity contribution in [1.29, 1.82) is 0 Å². The molecule has 0 saturated carbocycles. The zero-order valence-electron chi connectivity index (χ0n) is 15.7. The van der Waals surface area contributed by atoms with Crippen LogP contribution in [0.3, 0.4) is 0 Å². The SMILES string of the molecule is CCSc1cc(C(=O)NCC(=O)N2CCN(c3cccc(Cl)c3)CC2)ccn1. The van der Waals surface area contributed by atoms with Gasteiger partial charge in [0, 0.05) is 48.6 Å². The number of nitrogens with one attached hydrogen (secondary N) is 1. The Morgan fingerprint density at radius 1 is 1.18 bits per heavy atom. The van der Waals surface area contributed by atoms with Gasteiger partial charge in [0.1, 0.15) is 0 Å². The zero-order valence-corrected chi connectivity index (χ0v) is 17.3. The van der Waals surface area contributed by atoms with Gasteiger partial charge in [0.05, 0.1) is 11.6 Å². The van der Waals surface area contributed by atoms with Crippen molar-refractivity contribution in [3.63, 3.8) is 0 Å². The number of piperazine rings is 1. The molecule has 1 saturated heterocycles. The first-order chi connectivity index (χ1) is 13.6. The molecule has 2 aromatic rings. The molecule has 3 rings (SSSR count). The highest BCUT2D eigenvalue weighted by Crippen LogP contribution is 2.20. The number of hydrogen-bond donors (Lipinski definition) is 1. The molecule has 0 atom stereocenters. The largest absolute Gasteiger partial charge is 0.368 e. The second-order valence-electron chi connectivity index (χ2n) is 6.35. The third kappa shape index (κ3) is 5.39. The Morgan fingerprint density at radius 3 is 2.68 bits per heavy atom. The van der Waals surface area contributed by atoms with E-state index in [4.69, 9.17) is 11.6 Å². The molecule has 1 aromatic heterocycles. The predicted octanol–water partition coefficient (Wildman–Crippen LogP) is 2.93. The predicted molar refractivity (Wildman–Crippen MR) is 113 cm³/mol. The van der Waals surface area contributed by atoms with Gasteiger partial charge in [-0.15, -0.1) is 11.8 Å². The average molecular weight is 419 g/mol. The lowest BCUT2D eigenvalue weighted by Gasteiger charge is -2.36. The van der Waals surface area contributed by atoms with E-state index in [1.807, 2.05) is 31.2 Å². The molecule has 6 nitrogen and oxygen atoms in total. The van der Waals surface area contributed by atoms with E-state index >= 15 is 0 Å². The number of amides is 2. The molecule has 8 heteroatoms. The van der Waals surface area contributed by atoms with Crippen molar-refractivity contribution in [3.8, 4) is 0 Å². The topological polar surface area (TPSA) is 65.5 Å². The summed E-state index contributed by atoms with van der Waals surface area (Å²) >= 11 is 7.63. The standard InChI is InChI=1S/C20H23ClN4O2S/c1-2-28-18-12-15(6-7-22-18)20(27)23-14-19(26)25-10-8-24(9-11-25)17-5-3-4-16(21)13-17/h3-7,12-13H,2,8-11,14H2,1H3,(H,23,27). The zero-order chi connectivity index (χ0) is 19.9. The number of pyridine rings is 1. The van der Waals surface area contributed by atoms with Crippen LogP contribution in [0.25, 0.3) is 0 Å². The lowest BCUT2D eigenvalue weighted by atomic mass is 10.2. The van der Waals surface area contributed by atoms with Gasteiger partial charge in [0.25, 0.3) is 5.91 Å². The summed E-state index contributed by atoms with van der Waals surface area (Å²) < 4.78 is 0. The number of rotatable bonds is 6. The van der Waals surface area contributed by atoms with Gasteiger partial charge in [0.15, 0.2) is 0 Å².